The van der Waals surface area contributed by atoms with Crippen LogP contribution in [-0.4, -0.2) is 40.7 Å². The molecule has 0 aromatic rings. The topological polar surface area (TPSA) is 63.6 Å². The van der Waals surface area contributed by atoms with E-state index in [-0.39, 0.29) is 19.1 Å². The van der Waals surface area contributed by atoms with Crippen molar-refractivity contribution in [3.05, 3.63) is 12.2 Å². The molecule has 0 heterocycles. The second kappa shape index (κ2) is 8.92. The first-order valence-corrected chi connectivity index (χ1v) is 7.92. The summed E-state index contributed by atoms with van der Waals surface area (Å²) < 4.78 is 98.7. The van der Waals surface area contributed by atoms with Crippen LogP contribution in [0.1, 0.15) is 46.5 Å². The molecular formula is C16H21F7O4. The van der Waals surface area contributed by atoms with E-state index in [2.05, 4.69) is 4.74 Å². The molecule has 0 saturated carbocycles. The second-order valence-corrected chi connectivity index (χ2v) is 6.42. The normalized spacial score (nSPS) is 17.6. The smallest absolute Gasteiger partial charge is 0.389 e. The molecule has 0 aliphatic rings. The Labute approximate surface area is 151 Å². The van der Waals surface area contributed by atoms with E-state index < -0.39 is 67.2 Å². The Morgan fingerprint density at radius 1 is 0.963 bits per heavy atom. The molecule has 0 aromatic heterocycles. The number of esters is 1. The lowest BCUT2D eigenvalue weighted by Crippen LogP contribution is -2.60. The van der Waals surface area contributed by atoms with Gasteiger partial charge in [-0.2, -0.15) is 26.3 Å². The fraction of sp³-hybridized carbons (Fsp3) is 0.750. The number of rotatable bonds is 10. The molecule has 0 bridgehead atoms. The van der Waals surface area contributed by atoms with Crippen molar-refractivity contribution in [2.75, 3.05) is 0 Å². The number of ether oxygens (including phenoxy) is 1. The van der Waals surface area contributed by atoms with Crippen molar-refractivity contribution in [2.45, 2.75) is 70.1 Å². The average molecular weight is 410 g/mol. The lowest BCUT2D eigenvalue weighted by Gasteiger charge is -2.42. The minimum absolute atomic E-state index is 0.0892. The van der Waals surface area contributed by atoms with Crippen LogP contribution in [0, 0.1) is 5.92 Å². The fourth-order valence-corrected chi connectivity index (χ4v) is 2.31. The van der Waals surface area contributed by atoms with Crippen LogP contribution in [0.25, 0.3) is 0 Å². The zero-order chi connectivity index (χ0) is 21.7. The predicted octanol–water partition coefficient (Wildman–Crippen LogP) is 4.98. The molecule has 0 radical (unpaired) electrons. The van der Waals surface area contributed by atoms with Crippen LogP contribution in [0.2, 0.25) is 0 Å². The zero-order valence-electron chi connectivity index (χ0n) is 14.9. The van der Waals surface area contributed by atoms with Gasteiger partial charge in [0.15, 0.2) is 5.67 Å². The Hall–Kier alpha value is -1.81. The molecule has 11 heteroatoms. The van der Waals surface area contributed by atoms with Gasteiger partial charge in [0.25, 0.3) is 0 Å². The average Bonchev–Trinajstić information content (AvgIpc) is 2.47. The highest BCUT2D eigenvalue weighted by atomic mass is 19.4. The van der Waals surface area contributed by atoms with Crippen molar-refractivity contribution in [1.82, 2.24) is 0 Å². The molecule has 158 valence electrons. The first-order valence-electron chi connectivity index (χ1n) is 7.92. The van der Waals surface area contributed by atoms with Crippen molar-refractivity contribution < 1.29 is 50.2 Å². The van der Waals surface area contributed by atoms with E-state index in [4.69, 9.17) is 5.11 Å². The van der Waals surface area contributed by atoms with Crippen molar-refractivity contribution in [2.24, 2.45) is 5.92 Å². The third kappa shape index (κ3) is 7.02. The van der Waals surface area contributed by atoms with Gasteiger partial charge < -0.3 is 9.84 Å². The number of alkyl halides is 7. The van der Waals surface area contributed by atoms with Gasteiger partial charge in [-0.15, -0.1) is 0 Å². The molecule has 0 fully saturated rings. The van der Waals surface area contributed by atoms with E-state index in [0.29, 0.717) is 0 Å². The number of halogens is 7. The van der Waals surface area contributed by atoms with Crippen LogP contribution >= 0.6 is 0 Å². The molecule has 2 atom stereocenters. The highest BCUT2D eigenvalue weighted by Gasteiger charge is 2.69. The standard InChI is InChI=1S/C16H21F7O4/c1-10(2)14(18,8-4-5-9-15(19,20)21)16(22,23)13(3,17)27-12(26)7-6-11(24)25/h6-7,10H,4-5,8-9H2,1-3H3,(H,24,25)/b7-6+. The van der Waals surface area contributed by atoms with Gasteiger partial charge >= 0.3 is 29.9 Å². The number of unbranched alkanes of at least 4 members (excludes halogenated alkanes) is 1. The SMILES string of the molecule is CC(C)C(F)(CCCCC(F)(F)F)C(F)(F)C(C)(F)OC(=O)/C=C/C(=O)O. The van der Waals surface area contributed by atoms with Gasteiger partial charge in [-0.25, -0.2) is 14.0 Å². The number of carbonyl (C=O) groups is 2. The first-order chi connectivity index (χ1) is 12.0. The molecule has 2 unspecified atom stereocenters. The number of carbonyl (C=O) groups excluding carboxylic acids is 1. The van der Waals surface area contributed by atoms with E-state index in [0.717, 1.165) is 13.8 Å². The van der Waals surface area contributed by atoms with Gasteiger partial charge in [-0.3, -0.25) is 0 Å². The quantitative estimate of drug-likeness (QED) is 0.239. The predicted molar refractivity (Wildman–Crippen MR) is 80.5 cm³/mol. The lowest BCUT2D eigenvalue weighted by molar-refractivity contribution is -0.309. The van der Waals surface area contributed by atoms with E-state index in [1.807, 2.05) is 0 Å². The highest BCUT2D eigenvalue weighted by molar-refractivity contribution is 5.90. The summed E-state index contributed by atoms with van der Waals surface area (Å²) in [5.41, 5.74) is -3.61. The van der Waals surface area contributed by atoms with E-state index in [1.165, 1.54) is 0 Å². The molecule has 0 aromatic carbocycles. The molecule has 0 spiro atoms. The fourth-order valence-electron chi connectivity index (χ4n) is 2.31. The number of hydrogen-bond acceptors (Lipinski definition) is 3. The minimum Gasteiger partial charge on any atom is -0.478 e. The third-order valence-electron chi connectivity index (χ3n) is 3.90. The van der Waals surface area contributed by atoms with E-state index >= 15 is 0 Å². The van der Waals surface area contributed by atoms with Gasteiger partial charge in [0, 0.05) is 25.5 Å². The van der Waals surface area contributed by atoms with Crippen molar-refractivity contribution in [3.8, 4) is 0 Å². The molecule has 0 rings (SSSR count). The Morgan fingerprint density at radius 3 is 1.85 bits per heavy atom. The van der Waals surface area contributed by atoms with Crippen LogP contribution in [0.3, 0.4) is 0 Å². The Kier molecular flexibility index (Phi) is 8.32. The summed E-state index contributed by atoms with van der Waals surface area (Å²) in [5.74, 6) is -14.0. The summed E-state index contributed by atoms with van der Waals surface area (Å²) in [6.45, 7) is 2.06. The largest absolute Gasteiger partial charge is 0.478 e. The van der Waals surface area contributed by atoms with Crippen LogP contribution < -0.4 is 0 Å². The summed E-state index contributed by atoms with van der Waals surface area (Å²) in [6, 6.07) is 0. The van der Waals surface area contributed by atoms with E-state index in [1.54, 1.807) is 0 Å². The van der Waals surface area contributed by atoms with Gasteiger partial charge in [-0.1, -0.05) is 13.8 Å². The van der Waals surface area contributed by atoms with Crippen LogP contribution in [0.4, 0.5) is 30.7 Å². The molecule has 0 aliphatic carbocycles. The zero-order valence-corrected chi connectivity index (χ0v) is 14.9. The molecule has 4 nitrogen and oxygen atoms in total. The number of carboxylic acid groups (broad SMARTS) is 1. The molecule has 1 N–H and O–H groups in total. The van der Waals surface area contributed by atoms with Crippen molar-refractivity contribution in [1.29, 1.82) is 0 Å². The van der Waals surface area contributed by atoms with Gasteiger partial charge in [0.05, 0.1) is 0 Å². The highest BCUT2D eigenvalue weighted by Crippen LogP contribution is 2.50. The summed E-state index contributed by atoms with van der Waals surface area (Å²) in [4.78, 5) is 21.5. The van der Waals surface area contributed by atoms with Crippen molar-refractivity contribution >= 4 is 11.9 Å². The summed E-state index contributed by atoms with van der Waals surface area (Å²) in [5, 5.41) is 8.32. The first kappa shape index (κ1) is 25.2. The molecule has 0 saturated heterocycles. The van der Waals surface area contributed by atoms with E-state index in [9.17, 15) is 40.3 Å². The maximum Gasteiger partial charge on any atom is 0.389 e. The summed E-state index contributed by atoms with van der Waals surface area (Å²) in [6.07, 6.45) is -7.83. The van der Waals surface area contributed by atoms with Gasteiger partial charge in [-0.05, 0) is 25.2 Å². The number of aliphatic carboxylic acids is 1. The lowest BCUT2D eigenvalue weighted by atomic mass is 9.78. The maximum absolute atomic E-state index is 15.0. The van der Waals surface area contributed by atoms with Crippen molar-refractivity contribution in [3.63, 3.8) is 0 Å². The number of carboxylic acids is 1. The third-order valence-corrected chi connectivity index (χ3v) is 3.90. The maximum atomic E-state index is 15.0. The minimum atomic E-state index is -4.92. The van der Waals surface area contributed by atoms with Gasteiger partial charge in [0.1, 0.15) is 0 Å². The summed E-state index contributed by atoms with van der Waals surface area (Å²) in [7, 11) is 0. The molecular weight excluding hydrogens is 389 g/mol. The molecule has 27 heavy (non-hydrogen) atoms. The Balaban J connectivity index is 5.38. The summed E-state index contributed by atoms with van der Waals surface area (Å²) >= 11 is 0. The monoisotopic (exact) mass is 410 g/mol. The van der Waals surface area contributed by atoms with Crippen LogP contribution in [0.15, 0.2) is 12.2 Å². The van der Waals surface area contributed by atoms with Gasteiger partial charge in [0.2, 0.25) is 0 Å². The van der Waals surface area contributed by atoms with Crippen LogP contribution in [-0.2, 0) is 14.3 Å². The number of hydrogen-bond donors (Lipinski definition) is 1. The second-order valence-electron chi connectivity index (χ2n) is 6.42. The Bertz CT molecular complexity index is 555. The van der Waals surface area contributed by atoms with Crippen LogP contribution in [0.5, 0.6) is 0 Å². The Morgan fingerprint density at radius 2 is 1.44 bits per heavy atom. The molecule has 0 aliphatic heterocycles. The molecule has 0 amide bonds.